The molecule has 32 heavy (non-hydrogen) atoms. The molecular weight excluding hydrogens is 404 g/mol. The quantitative estimate of drug-likeness (QED) is 0.629. The van der Waals surface area contributed by atoms with Crippen molar-refractivity contribution < 1.29 is 19.1 Å². The largest absolute Gasteiger partial charge is 0.454 e. The van der Waals surface area contributed by atoms with E-state index in [1.165, 1.54) is 0 Å². The third-order valence-electron chi connectivity index (χ3n) is 5.52. The maximum absolute atomic E-state index is 13.1. The summed E-state index contributed by atoms with van der Waals surface area (Å²) in [5.74, 6) is -1.37. The number of nitrogens with one attached hydrogen (secondary N) is 1. The van der Waals surface area contributed by atoms with E-state index in [0.29, 0.717) is 5.56 Å². The lowest BCUT2D eigenvalue weighted by Crippen LogP contribution is -2.35. The van der Waals surface area contributed by atoms with Crippen molar-refractivity contribution in [3.05, 3.63) is 95.1 Å². The molecule has 0 atom stereocenters. The summed E-state index contributed by atoms with van der Waals surface area (Å²) in [5, 5.41) is 2.55. The van der Waals surface area contributed by atoms with Gasteiger partial charge in [-0.25, -0.2) is 0 Å². The summed E-state index contributed by atoms with van der Waals surface area (Å²) in [6, 6.07) is 22.6. The third-order valence-corrected chi connectivity index (χ3v) is 5.52. The zero-order valence-corrected chi connectivity index (χ0v) is 17.8. The first-order chi connectivity index (χ1) is 15.5. The Kier molecular flexibility index (Phi) is 6.31. The molecule has 1 aliphatic rings. The monoisotopic (exact) mass is 428 g/mol. The lowest BCUT2D eigenvalue weighted by molar-refractivity contribution is -0.146. The van der Waals surface area contributed by atoms with Crippen molar-refractivity contribution in [2.75, 3.05) is 18.1 Å². The lowest BCUT2D eigenvalue weighted by atomic mass is 10.0. The van der Waals surface area contributed by atoms with Gasteiger partial charge in [0.05, 0.1) is 11.4 Å². The molecule has 0 unspecified atom stereocenters. The zero-order chi connectivity index (χ0) is 22.5. The number of carbonyl (C=O) groups is 3. The minimum atomic E-state index is -0.670. The Balaban J connectivity index is 1.42. The first-order valence-corrected chi connectivity index (χ1v) is 10.5. The Hall–Kier alpha value is -3.93. The molecule has 0 aliphatic carbocycles. The Morgan fingerprint density at radius 3 is 2.03 bits per heavy atom. The molecule has 1 aliphatic heterocycles. The number of amides is 2. The normalized spacial score (nSPS) is 12.2. The van der Waals surface area contributed by atoms with E-state index >= 15 is 0 Å². The summed E-state index contributed by atoms with van der Waals surface area (Å²) in [4.78, 5) is 39.2. The van der Waals surface area contributed by atoms with Crippen LogP contribution >= 0.6 is 0 Å². The third kappa shape index (κ3) is 4.54. The lowest BCUT2D eigenvalue weighted by Gasteiger charge is -2.24. The molecule has 0 saturated heterocycles. The fourth-order valence-electron chi connectivity index (χ4n) is 3.88. The maximum Gasteiger partial charge on any atom is 0.325 e. The topological polar surface area (TPSA) is 75.7 Å². The summed E-state index contributed by atoms with van der Waals surface area (Å²) in [5.41, 5.74) is 5.03. The van der Waals surface area contributed by atoms with Crippen molar-refractivity contribution in [3.8, 4) is 0 Å². The minimum Gasteiger partial charge on any atom is -0.454 e. The predicted molar refractivity (Wildman–Crippen MR) is 122 cm³/mol. The minimum absolute atomic E-state index is 0.312. The van der Waals surface area contributed by atoms with Gasteiger partial charge in [0.15, 0.2) is 6.61 Å². The summed E-state index contributed by atoms with van der Waals surface area (Å²) in [6.45, 7) is 1.10. The average Bonchev–Trinajstić information content (AvgIpc) is 2.98. The molecule has 4 rings (SSSR count). The van der Waals surface area contributed by atoms with E-state index in [2.05, 4.69) is 5.32 Å². The van der Waals surface area contributed by atoms with Crippen molar-refractivity contribution in [1.82, 2.24) is 5.32 Å². The van der Waals surface area contributed by atoms with Crippen molar-refractivity contribution in [2.45, 2.75) is 19.8 Å². The van der Waals surface area contributed by atoms with Crippen molar-refractivity contribution in [3.63, 3.8) is 0 Å². The van der Waals surface area contributed by atoms with Gasteiger partial charge in [-0.3, -0.25) is 19.3 Å². The molecule has 3 aromatic carbocycles. The van der Waals surface area contributed by atoms with E-state index in [0.717, 1.165) is 40.9 Å². The molecule has 6 heteroatoms. The molecule has 0 aromatic heterocycles. The second-order valence-corrected chi connectivity index (χ2v) is 7.64. The van der Waals surface area contributed by atoms with Gasteiger partial charge in [0.2, 0.25) is 0 Å². The van der Waals surface area contributed by atoms with Gasteiger partial charge in [0.1, 0.15) is 6.54 Å². The number of hydrogen-bond donors (Lipinski definition) is 1. The van der Waals surface area contributed by atoms with Gasteiger partial charge in [0, 0.05) is 5.56 Å². The van der Waals surface area contributed by atoms with E-state index in [1.54, 1.807) is 17.0 Å². The number of carbonyl (C=O) groups excluding carboxylic acids is 3. The standard InChI is InChI=1S/C26H24N2O4/c1-18-8-2-5-11-21(18)26(31)27-16-25(30)32-17-24(29)28-22-12-6-3-9-19(22)14-15-20-10-4-7-13-23(20)28/h2-13H,14-17H2,1H3,(H,27,31). The van der Waals surface area contributed by atoms with E-state index in [-0.39, 0.29) is 18.4 Å². The molecule has 0 spiro atoms. The van der Waals surface area contributed by atoms with Gasteiger partial charge >= 0.3 is 5.97 Å². The van der Waals surface area contributed by atoms with Crippen molar-refractivity contribution in [1.29, 1.82) is 0 Å². The summed E-state index contributed by atoms with van der Waals surface area (Å²) in [7, 11) is 0. The van der Waals surface area contributed by atoms with Crippen LogP contribution < -0.4 is 10.2 Å². The summed E-state index contributed by atoms with van der Waals surface area (Å²) < 4.78 is 5.20. The molecular formula is C26H24N2O4. The highest BCUT2D eigenvalue weighted by Crippen LogP contribution is 2.35. The number of fused-ring (bicyclic) bond motifs is 2. The highest BCUT2D eigenvalue weighted by Gasteiger charge is 2.26. The number of esters is 1. The van der Waals surface area contributed by atoms with E-state index < -0.39 is 12.6 Å². The predicted octanol–water partition coefficient (Wildman–Crippen LogP) is 3.73. The molecule has 0 bridgehead atoms. The van der Waals surface area contributed by atoms with Crippen LogP contribution in [0.25, 0.3) is 0 Å². The van der Waals surface area contributed by atoms with Gasteiger partial charge in [-0.15, -0.1) is 0 Å². The van der Waals surface area contributed by atoms with Gasteiger partial charge in [-0.05, 0) is 54.7 Å². The van der Waals surface area contributed by atoms with Crippen LogP contribution in [0.15, 0.2) is 72.8 Å². The van der Waals surface area contributed by atoms with Crippen LogP contribution in [0.2, 0.25) is 0 Å². The smallest absolute Gasteiger partial charge is 0.325 e. The number of aryl methyl sites for hydroxylation is 3. The van der Waals surface area contributed by atoms with Crippen LogP contribution in [-0.4, -0.2) is 30.9 Å². The molecule has 1 heterocycles. The molecule has 0 fully saturated rings. The van der Waals surface area contributed by atoms with Crippen LogP contribution in [0.4, 0.5) is 11.4 Å². The van der Waals surface area contributed by atoms with Crippen LogP contribution in [0.3, 0.4) is 0 Å². The van der Waals surface area contributed by atoms with Crippen LogP contribution in [0.5, 0.6) is 0 Å². The Morgan fingerprint density at radius 1 is 0.844 bits per heavy atom. The Bertz CT molecular complexity index is 1120. The molecule has 1 N–H and O–H groups in total. The summed E-state index contributed by atoms with van der Waals surface area (Å²) >= 11 is 0. The fraction of sp³-hybridized carbons (Fsp3) is 0.192. The van der Waals surface area contributed by atoms with Gasteiger partial charge in [-0.1, -0.05) is 54.6 Å². The number of anilines is 2. The van der Waals surface area contributed by atoms with Gasteiger partial charge in [0.25, 0.3) is 11.8 Å². The number of benzene rings is 3. The van der Waals surface area contributed by atoms with E-state index in [1.807, 2.05) is 67.6 Å². The van der Waals surface area contributed by atoms with Crippen molar-refractivity contribution in [2.24, 2.45) is 0 Å². The summed E-state index contributed by atoms with van der Waals surface area (Å²) in [6.07, 6.45) is 1.64. The molecule has 0 saturated carbocycles. The fourth-order valence-corrected chi connectivity index (χ4v) is 3.88. The van der Waals surface area contributed by atoms with E-state index in [4.69, 9.17) is 4.74 Å². The van der Waals surface area contributed by atoms with Crippen LogP contribution in [-0.2, 0) is 27.2 Å². The molecule has 3 aromatic rings. The van der Waals surface area contributed by atoms with Crippen molar-refractivity contribution >= 4 is 29.2 Å². The van der Waals surface area contributed by atoms with Gasteiger partial charge in [-0.2, -0.15) is 0 Å². The Labute approximate surface area is 186 Å². The number of para-hydroxylation sites is 2. The molecule has 6 nitrogen and oxygen atoms in total. The first-order valence-electron chi connectivity index (χ1n) is 10.5. The van der Waals surface area contributed by atoms with Gasteiger partial charge < -0.3 is 10.1 Å². The second-order valence-electron chi connectivity index (χ2n) is 7.64. The number of hydrogen-bond acceptors (Lipinski definition) is 4. The van der Waals surface area contributed by atoms with E-state index in [9.17, 15) is 14.4 Å². The number of nitrogens with zero attached hydrogens (tertiary/aromatic N) is 1. The molecule has 2 amide bonds. The van der Waals surface area contributed by atoms with Crippen LogP contribution in [0.1, 0.15) is 27.0 Å². The zero-order valence-electron chi connectivity index (χ0n) is 17.8. The first kappa shape index (κ1) is 21.3. The average molecular weight is 428 g/mol. The number of ether oxygens (including phenoxy) is 1. The highest BCUT2D eigenvalue weighted by molar-refractivity contribution is 6.03. The molecule has 0 radical (unpaired) electrons. The second kappa shape index (κ2) is 9.47. The highest BCUT2D eigenvalue weighted by atomic mass is 16.5. The Morgan fingerprint density at radius 2 is 1.41 bits per heavy atom. The molecule has 162 valence electrons. The van der Waals surface area contributed by atoms with Crippen LogP contribution in [0, 0.1) is 6.92 Å². The SMILES string of the molecule is Cc1ccccc1C(=O)NCC(=O)OCC(=O)N1c2ccccc2CCc2ccccc21. The maximum atomic E-state index is 13.1. The number of rotatable bonds is 5.